The van der Waals surface area contributed by atoms with Crippen LogP contribution >= 0.6 is 0 Å². The van der Waals surface area contributed by atoms with Gasteiger partial charge in [0.15, 0.2) is 0 Å². The van der Waals surface area contributed by atoms with Crippen LogP contribution in [0.15, 0.2) is 29.2 Å². The van der Waals surface area contributed by atoms with E-state index in [1.165, 1.54) is 18.2 Å². The van der Waals surface area contributed by atoms with Gasteiger partial charge in [0, 0.05) is 0 Å². The molecule has 1 N–H and O–H groups in total. The Kier molecular flexibility index (Phi) is 6.07. The van der Waals surface area contributed by atoms with Gasteiger partial charge in [-0.25, -0.2) is 0 Å². The molecule has 1 rings (SSSR count). The summed E-state index contributed by atoms with van der Waals surface area (Å²) in [6.45, 7) is 0.0330. The van der Waals surface area contributed by atoms with Crippen LogP contribution in [-0.2, 0) is 10.1 Å². The lowest BCUT2D eigenvalue weighted by Crippen LogP contribution is -2.04. The van der Waals surface area contributed by atoms with Gasteiger partial charge in [-0.05, 0) is 31.4 Å². The molecule has 18 heavy (non-hydrogen) atoms. The molecule has 0 radical (unpaired) electrons. The van der Waals surface area contributed by atoms with E-state index in [4.69, 9.17) is 9.29 Å². The molecule has 0 bridgehead atoms. The number of halogens is 1. The lowest BCUT2D eigenvalue weighted by molar-refractivity contribution is 0.294. The first kappa shape index (κ1) is 14.9. The summed E-state index contributed by atoms with van der Waals surface area (Å²) in [7, 11) is -4.26. The Balaban J connectivity index is 2.48. The first-order chi connectivity index (χ1) is 8.55. The van der Waals surface area contributed by atoms with E-state index >= 15 is 0 Å². The molecule has 0 amide bonds. The topological polar surface area (TPSA) is 63.6 Å². The Morgan fingerprint density at radius 1 is 1.11 bits per heavy atom. The number of alkyl halides is 1. The van der Waals surface area contributed by atoms with Crippen molar-refractivity contribution in [3.63, 3.8) is 0 Å². The van der Waals surface area contributed by atoms with Crippen molar-refractivity contribution >= 4 is 10.1 Å². The fourth-order valence-corrected chi connectivity index (χ4v) is 2.15. The van der Waals surface area contributed by atoms with Crippen LogP contribution in [0.3, 0.4) is 0 Å². The third kappa shape index (κ3) is 5.01. The van der Waals surface area contributed by atoms with Gasteiger partial charge in [0.25, 0.3) is 10.1 Å². The summed E-state index contributed by atoms with van der Waals surface area (Å²) < 4.78 is 48.3. The summed E-state index contributed by atoms with van der Waals surface area (Å²) >= 11 is 0. The van der Waals surface area contributed by atoms with Crippen molar-refractivity contribution in [3.8, 4) is 5.75 Å². The maximum Gasteiger partial charge on any atom is 0.298 e. The molecule has 0 atom stereocenters. The van der Waals surface area contributed by atoms with Gasteiger partial charge in [-0.1, -0.05) is 18.6 Å². The van der Waals surface area contributed by atoms with Gasteiger partial charge >= 0.3 is 0 Å². The fourth-order valence-electron chi connectivity index (χ4n) is 1.51. The minimum absolute atomic E-state index is 0.144. The highest BCUT2D eigenvalue weighted by atomic mass is 32.2. The predicted octanol–water partition coefficient (Wildman–Crippen LogP) is 2.84. The molecule has 1 aromatic rings. The number of hydrogen-bond donors (Lipinski definition) is 1. The molecule has 0 spiro atoms. The van der Waals surface area contributed by atoms with Crippen LogP contribution in [0.5, 0.6) is 5.75 Å². The second-order valence-corrected chi connectivity index (χ2v) is 5.26. The van der Waals surface area contributed by atoms with Crippen molar-refractivity contribution in [2.24, 2.45) is 0 Å². The standard InChI is InChI=1S/C12H17FO4S/c13-9-5-1-2-6-10-17-11-7-3-4-8-12(11)18(14,15)16/h3-4,7-8H,1-2,5-6,9-10H2,(H,14,15,16). The first-order valence-electron chi connectivity index (χ1n) is 5.81. The van der Waals surface area contributed by atoms with Gasteiger partial charge < -0.3 is 4.74 Å². The van der Waals surface area contributed by atoms with Gasteiger partial charge in [-0.15, -0.1) is 0 Å². The zero-order valence-electron chi connectivity index (χ0n) is 10.0. The zero-order valence-corrected chi connectivity index (χ0v) is 10.8. The maximum absolute atomic E-state index is 11.8. The molecule has 0 aliphatic heterocycles. The quantitative estimate of drug-likeness (QED) is 0.586. The van der Waals surface area contributed by atoms with Crippen molar-refractivity contribution in [1.29, 1.82) is 0 Å². The second-order valence-electron chi connectivity index (χ2n) is 3.87. The van der Waals surface area contributed by atoms with E-state index in [-0.39, 0.29) is 17.3 Å². The average Bonchev–Trinajstić information content (AvgIpc) is 2.33. The van der Waals surface area contributed by atoms with Crippen LogP contribution in [-0.4, -0.2) is 26.3 Å². The third-order valence-electron chi connectivity index (χ3n) is 2.41. The van der Waals surface area contributed by atoms with Crippen molar-refractivity contribution in [3.05, 3.63) is 24.3 Å². The van der Waals surface area contributed by atoms with E-state index in [0.29, 0.717) is 13.0 Å². The average molecular weight is 276 g/mol. The molecular weight excluding hydrogens is 259 g/mol. The SMILES string of the molecule is O=S(=O)(O)c1ccccc1OCCCCCCF. The zero-order chi connectivity index (χ0) is 13.4. The van der Waals surface area contributed by atoms with Gasteiger partial charge in [0.1, 0.15) is 10.6 Å². The molecule has 102 valence electrons. The summed E-state index contributed by atoms with van der Waals surface area (Å²) in [5.41, 5.74) is 0. The van der Waals surface area contributed by atoms with Gasteiger partial charge in [-0.3, -0.25) is 8.94 Å². The minimum Gasteiger partial charge on any atom is -0.492 e. The van der Waals surface area contributed by atoms with E-state index < -0.39 is 10.1 Å². The molecule has 0 heterocycles. The van der Waals surface area contributed by atoms with Crippen LogP contribution in [0.25, 0.3) is 0 Å². The fraction of sp³-hybridized carbons (Fsp3) is 0.500. The van der Waals surface area contributed by atoms with Crippen molar-refractivity contribution < 1.29 is 22.1 Å². The molecular formula is C12H17FO4S. The van der Waals surface area contributed by atoms with Crippen LogP contribution in [0.2, 0.25) is 0 Å². The van der Waals surface area contributed by atoms with Crippen LogP contribution in [0, 0.1) is 0 Å². The normalized spacial score (nSPS) is 11.4. The summed E-state index contributed by atoms with van der Waals surface area (Å²) in [4.78, 5) is -0.228. The van der Waals surface area contributed by atoms with Crippen molar-refractivity contribution in [1.82, 2.24) is 0 Å². The Morgan fingerprint density at radius 2 is 1.78 bits per heavy atom. The second kappa shape index (κ2) is 7.33. The van der Waals surface area contributed by atoms with Crippen molar-refractivity contribution in [2.75, 3.05) is 13.3 Å². The monoisotopic (exact) mass is 276 g/mol. The van der Waals surface area contributed by atoms with Crippen LogP contribution in [0.1, 0.15) is 25.7 Å². The Morgan fingerprint density at radius 3 is 2.44 bits per heavy atom. The Hall–Kier alpha value is -1.14. The highest BCUT2D eigenvalue weighted by Crippen LogP contribution is 2.23. The van der Waals surface area contributed by atoms with E-state index in [1.807, 2.05) is 0 Å². The third-order valence-corrected chi connectivity index (χ3v) is 3.31. The molecule has 0 saturated carbocycles. The van der Waals surface area contributed by atoms with Crippen LogP contribution in [0.4, 0.5) is 4.39 Å². The van der Waals surface area contributed by atoms with Crippen LogP contribution < -0.4 is 4.74 Å². The van der Waals surface area contributed by atoms with E-state index in [1.54, 1.807) is 6.07 Å². The lowest BCUT2D eigenvalue weighted by atomic mass is 10.2. The number of benzene rings is 1. The van der Waals surface area contributed by atoms with Gasteiger partial charge in [-0.2, -0.15) is 8.42 Å². The molecule has 0 saturated heterocycles. The molecule has 0 aliphatic rings. The predicted molar refractivity (Wildman–Crippen MR) is 66.2 cm³/mol. The molecule has 0 unspecified atom stereocenters. The first-order valence-corrected chi connectivity index (χ1v) is 7.25. The number of rotatable bonds is 8. The minimum atomic E-state index is -4.26. The Labute approximate surface area is 107 Å². The number of hydrogen-bond acceptors (Lipinski definition) is 3. The van der Waals surface area contributed by atoms with E-state index in [9.17, 15) is 12.8 Å². The lowest BCUT2D eigenvalue weighted by Gasteiger charge is -2.09. The molecule has 6 heteroatoms. The summed E-state index contributed by atoms with van der Waals surface area (Å²) in [5, 5.41) is 0. The summed E-state index contributed by atoms with van der Waals surface area (Å²) in [6, 6.07) is 5.92. The molecule has 4 nitrogen and oxygen atoms in total. The molecule has 0 fully saturated rings. The smallest absolute Gasteiger partial charge is 0.298 e. The maximum atomic E-state index is 11.8. The summed E-state index contributed by atoms with van der Waals surface area (Å²) in [5.74, 6) is 0.144. The largest absolute Gasteiger partial charge is 0.492 e. The summed E-state index contributed by atoms with van der Waals surface area (Å²) in [6.07, 6.45) is 2.89. The van der Waals surface area contributed by atoms with E-state index in [2.05, 4.69) is 0 Å². The highest BCUT2D eigenvalue weighted by Gasteiger charge is 2.15. The number of para-hydroxylation sites is 1. The van der Waals surface area contributed by atoms with E-state index in [0.717, 1.165) is 19.3 Å². The Bertz CT molecular complexity index is 459. The number of unbranched alkanes of at least 4 members (excludes halogenated alkanes) is 3. The molecule has 1 aromatic carbocycles. The van der Waals surface area contributed by atoms with Gasteiger partial charge in [0.2, 0.25) is 0 Å². The molecule has 0 aromatic heterocycles. The number of ether oxygens (including phenoxy) is 1. The van der Waals surface area contributed by atoms with Gasteiger partial charge in [0.05, 0.1) is 13.3 Å². The molecule has 0 aliphatic carbocycles. The highest BCUT2D eigenvalue weighted by molar-refractivity contribution is 7.86. The van der Waals surface area contributed by atoms with Crippen molar-refractivity contribution in [2.45, 2.75) is 30.6 Å².